The Morgan fingerprint density at radius 3 is 2.52 bits per heavy atom. The summed E-state index contributed by atoms with van der Waals surface area (Å²) in [7, 11) is 0. The summed E-state index contributed by atoms with van der Waals surface area (Å²) in [5.41, 5.74) is 1.23. The van der Waals surface area contributed by atoms with E-state index in [0.717, 1.165) is 5.69 Å². The number of halogens is 3. The number of nitrogens with one attached hydrogen (secondary N) is 3. The minimum Gasteiger partial charge on any atom is -0.336 e. The number of nitrogens with zero attached hydrogens (tertiary/aromatic N) is 1. The van der Waals surface area contributed by atoms with Crippen molar-refractivity contribution >= 4 is 35.7 Å². The third-order valence-corrected chi connectivity index (χ3v) is 3.73. The molecule has 3 rings (SSSR count). The summed E-state index contributed by atoms with van der Waals surface area (Å²) in [5, 5.41) is 7.80. The summed E-state index contributed by atoms with van der Waals surface area (Å²) in [5.74, 6) is -3.32. The van der Waals surface area contributed by atoms with Crippen LogP contribution in [0.4, 0.5) is 25.0 Å². The standard InChI is InChI=1S/C14H16F2N4O2.ClH/c15-14(16)7-11(18-8-14)12(21)19-9-1-3-10(4-2-9)20-6-5-17-13(20)22;/h1-4,11,18H,5-8H2,(H,17,22)(H,19,21);1H. The van der Waals surface area contributed by atoms with E-state index in [2.05, 4.69) is 16.0 Å². The zero-order valence-electron chi connectivity index (χ0n) is 12.1. The van der Waals surface area contributed by atoms with E-state index < -0.39 is 30.8 Å². The number of anilines is 2. The van der Waals surface area contributed by atoms with Gasteiger partial charge in [0, 0.05) is 30.9 Å². The van der Waals surface area contributed by atoms with Crippen LogP contribution in [0.3, 0.4) is 0 Å². The van der Waals surface area contributed by atoms with Gasteiger partial charge < -0.3 is 10.6 Å². The predicted octanol–water partition coefficient (Wildman–Crippen LogP) is 1.57. The molecule has 1 aromatic rings. The normalized spacial score (nSPS) is 22.4. The zero-order chi connectivity index (χ0) is 15.7. The van der Waals surface area contributed by atoms with Gasteiger partial charge in [-0.2, -0.15) is 0 Å². The minimum atomic E-state index is -2.84. The fourth-order valence-electron chi connectivity index (χ4n) is 2.57. The third-order valence-electron chi connectivity index (χ3n) is 3.73. The molecule has 9 heteroatoms. The Labute approximate surface area is 138 Å². The Bertz CT molecular complexity index is 597. The summed E-state index contributed by atoms with van der Waals surface area (Å²) in [6, 6.07) is 5.65. The summed E-state index contributed by atoms with van der Waals surface area (Å²) >= 11 is 0. The second kappa shape index (κ2) is 6.67. The lowest BCUT2D eigenvalue weighted by Crippen LogP contribution is -2.35. The molecule has 2 saturated heterocycles. The van der Waals surface area contributed by atoms with Crippen molar-refractivity contribution in [3.8, 4) is 0 Å². The van der Waals surface area contributed by atoms with Crippen LogP contribution in [0.1, 0.15) is 6.42 Å². The maximum atomic E-state index is 13.1. The Hall–Kier alpha value is -1.93. The Balaban J connectivity index is 0.00000192. The monoisotopic (exact) mass is 346 g/mol. The molecule has 0 saturated carbocycles. The Kier molecular flexibility index (Phi) is 5.06. The summed E-state index contributed by atoms with van der Waals surface area (Å²) in [6.45, 7) is 0.707. The number of rotatable bonds is 3. The molecule has 2 heterocycles. The maximum absolute atomic E-state index is 13.1. The number of alkyl halides is 2. The molecule has 23 heavy (non-hydrogen) atoms. The van der Waals surface area contributed by atoms with Crippen LogP contribution >= 0.6 is 12.4 Å². The molecule has 2 aliphatic rings. The van der Waals surface area contributed by atoms with Crippen LogP contribution in [-0.2, 0) is 4.79 Å². The van der Waals surface area contributed by atoms with E-state index in [1.165, 1.54) is 0 Å². The van der Waals surface area contributed by atoms with Crippen molar-refractivity contribution in [3.05, 3.63) is 24.3 Å². The molecule has 1 unspecified atom stereocenters. The van der Waals surface area contributed by atoms with Crippen molar-refractivity contribution in [2.24, 2.45) is 0 Å². The van der Waals surface area contributed by atoms with Crippen molar-refractivity contribution in [1.29, 1.82) is 0 Å². The van der Waals surface area contributed by atoms with Gasteiger partial charge in [0.25, 0.3) is 5.92 Å². The fourth-order valence-corrected chi connectivity index (χ4v) is 2.57. The number of carbonyl (C=O) groups excluding carboxylic acids is 2. The summed E-state index contributed by atoms with van der Waals surface area (Å²) in [4.78, 5) is 25.0. The van der Waals surface area contributed by atoms with Gasteiger partial charge in [0.15, 0.2) is 0 Å². The van der Waals surface area contributed by atoms with E-state index in [1.807, 2.05) is 0 Å². The first-order valence-electron chi connectivity index (χ1n) is 7.02. The Morgan fingerprint density at radius 2 is 2.00 bits per heavy atom. The van der Waals surface area contributed by atoms with Gasteiger partial charge in [-0.3, -0.25) is 15.0 Å². The summed E-state index contributed by atoms with van der Waals surface area (Å²) in [6.07, 6.45) is -0.495. The van der Waals surface area contributed by atoms with Gasteiger partial charge in [0.2, 0.25) is 5.91 Å². The van der Waals surface area contributed by atoms with Crippen LogP contribution in [0.5, 0.6) is 0 Å². The molecular weight excluding hydrogens is 330 g/mol. The average Bonchev–Trinajstić information content (AvgIpc) is 3.05. The molecule has 1 aromatic carbocycles. The first-order valence-corrected chi connectivity index (χ1v) is 7.02. The van der Waals surface area contributed by atoms with Gasteiger partial charge in [-0.15, -0.1) is 12.4 Å². The second-order valence-electron chi connectivity index (χ2n) is 5.41. The highest BCUT2D eigenvalue weighted by Gasteiger charge is 2.42. The molecule has 6 nitrogen and oxygen atoms in total. The van der Waals surface area contributed by atoms with E-state index in [4.69, 9.17) is 0 Å². The number of benzene rings is 1. The molecule has 0 aliphatic carbocycles. The predicted molar refractivity (Wildman–Crippen MR) is 84.4 cm³/mol. The largest absolute Gasteiger partial charge is 0.336 e. The van der Waals surface area contributed by atoms with Gasteiger partial charge in [0.05, 0.1) is 12.6 Å². The topological polar surface area (TPSA) is 73.5 Å². The lowest BCUT2D eigenvalue weighted by Gasteiger charge is -2.15. The second-order valence-corrected chi connectivity index (χ2v) is 5.41. The van der Waals surface area contributed by atoms with E-state index in [9.17, 15) is 18.4 Å². The van der Waals surface area contributed by atoms with Gasteiger partial charge >= 0.3 is 6.03 Å². The average molecular weight is 347 g/mol. The maximum Gasteiger partial charge on any atom is 0.321 e. The SMILES string of the molecule is Cl.O=C(Nc1ccc(N2CCNC2=O)cc1)C1CC(F)(F)CN1. The number of hydrogen-bond donors (Lipinski definition) is 3. The van der Waals surface area contributed by atoms with E-state index in [0.29, 0.717) is 18.8 Å². The number of urea groups is 1. The molecule has 126 valence electrons. The molecule has 0 bridgehead atoms. The molecule has 3 N–H and O–H groups in total. The van der Waals surface area contributed by atoms with Gasteiger partial charge in [-0.1, -0.05) is 0 Å². The minimum absolute atomic E-state index is 0. The molecule has 2 aliphatic heterocycles. The van der Waals surface area contributed by atoms with Gasteiger partial charge in [-0.05, 0) is 24.3 Å². The van der Waals surface area contributed by atoms with Crippen LogP contribution in [0, 0.1) is 0 Å². The van der Waals surface area contributed by atoms with Crippen molar-refractivity contribution < 1.29 is 18.4 Å². The zero-order valence-corrected chi connectivity index (χ0v) is 13.0. The van der Waals surface area contributed by atoms with Crippen molar-refractivity contribution in [3.63, 3.8) is 0 Å². The smallest absolute Gasteiger partial charge is 0.321 e. The van der Waals surface area contributed by atoms with Crippen LogP contribution in [0.15, 0.2) is 24.3 Å². The molecular formula is C14H17ClF2N4O2. The van der Waals surface area contributed by atoms with Crippen LogP contribution in [0.25, 0.3) is 0 Å². The Morgan fingerprint density at radius 1 is 1.30 bits per heavy atom. The first kappa shape index (κ1) is 17.4. The van der Waals surface area contributed by atoms with Crippen LogP contribution in [0.2, 0.25) is 0 Å². The lowest BCUT2D eigenvalue weighted by molar-refractivity contribution is -0.118. The van der Waals surface area contributed by atoms with E-state index >= 15 is 0 Å². The summed E-state index contributed by atoms with van der Waals surface area (Å²) < 4.78 is 26.1. The number of amides is 3. The molecule has 3 amide bonds. The molecule has 2 fully saturated rings. The van der Waals surface area contributed by atoms with Gasteiger partial charge in [-0.25, -0.2) is 13.6 Å². The highest BCUT2D eigenvalue weighted by Crippen LogP contribution is 2.26. The number of hydrogen-bond acceptors (Lipinski definition) is 3. The molecule has 0 aromatic heterocycles. The fraction of sp³-hybridized carbons (Fsp3) is 0.429. The quantitative estimate of drug-likeness (QED) is 0.778. The molecule has 1 atom stereocenters. The lowest BCUT2D eigenvalue weighted by atomic mass is 10.1. The van der Waals surface area contributed by atoms with Crippen molar-refractivity contribution in [1.82, 2.24) is 10.6 Å². The van der Waals surface area contributed by atoms with Crippen molar-refractivity contribution in [2.45, 2.75) is 18.4 Å². The van der Waals surface area contributed by atoms with E-state index in [1.54, 1.807) is 29.2 Å². The van der Waals surface area contributed by atoms with E-state index in [-0.39, 0.29) is 18.4 Å². The molecule has 0 spiro atoms. The number of carbonyl (C=O) groups is 2. The highest BCUT2D eigenvalue weighted by molar-refractivity contribution is 5.96. The van der Waals surface area contributed by atoms with Crippen LogP contribution < -0.4 is 20.9 Å². The van der Waals surface area contributed by atoms with Crippen LogP contribution in [-0.4, -0.2) is 43.5 Å². The first-order chi connectivity index (χ1) is 10.4. The highest BCUT2D eigenvalue weighted by atomic mass is 35.5. The van der Waals surface area contributed by atoms with Gasteiger partial charge in [0.1, 0.15) is 0 Å². The molecule has 0 radical (unpaired) electrons. The third kappa shape index (κ3) is 3.89. The van der Waals surface area contributed by atoms with Crippen molar-refractivity contribution in [2.75, 3.05) is 29.9 Å².